The molecule has 0 bridgehead atoms. The average molecular weight is 385 g/mol. The molecule has 0 radical (unpaired) electrons. The number of piperazine rings is 1. The maximum Gasteiger partial charge on any atom is 0.253 e. The third-order valence-electron chi connectivity index (χ3n) is 5.56. The number of carbonyl (C=O) groups excluding carboxylic acids is 1. The van der Waals surface area contributed by atoms with Crippen LogP contribution in [0.5, 0.6) is 0 Å². The van der Waals surface area contributed by atoms with Gasteiger partial charge in [0, 0.05) is 62.6 Å². The molecule has 0 N–H and O–H groups in total. The fourth-order valence-corrected chi connectivity index (χ4v) is 3.91. The van der Waals surface area contributed by atoms with Crippen molar-refractivity contribution in [3.8, 4) is 5.69 Å². The Morgan fingerprint density at radius 3 is 2.34 bits per heavy atom. The lowest BCUT2D eigenvalue weighted by molar-refractivity contribution is 0.0626. The number of hydrogen-bond acceptors (Lipinski definition) is 3. The molecular weight excluding hydrogens is 362 g/mol. The van der Waals surface area contributed by atoms with Crippen molar-refractivity contribution in [2.75, 3.05) is 26.2 Å². The van der Waals surface area contributed by atoms with E-state index in [1.54, 1.807) is 0 Å². The predicted molar refractivity (Wildman–Crippen MR) is 112 cm³/mol. The number of nitrogens with zero attached hydrogens (tertiary/aromatic N) is 5. The fourth-order valence-electron chi connectivity index (χ4n) is 3.91. The standard InChI is InChI=1S/C23H23N5O/c29-23(19-6-8-20(9-7-19)26-10-3-4-11-26)27-15-13-25(14-16-27)18-21-17-24-22-5-1-2-12-28(21)22/h1-12,17H,13-16,18H2. The average Bonchev–Trinajstić information content (AvgIpc) is 3.45. The molecule has 6 nitrogen and oxygen atoms in total. The van der Waals surface area contributed by atoms with Crippen LogP contribution in [0.3, 0.4) is 0 Å². The Balaban J connectivity index is 1.20. The van der Waals surface area contributed by atoms with Gasteiger partial charge < -0.3 is 13.9 Å². The van der Waals surface area contributed by atoms with Crippen LogP contribution < -0.4 is 0 Å². The number of fused-ring (bicyclic) bond motifs is 1. The number of pyridine rings is 1. The van der Waals surface area contributed by atoms with Gasteiger partial charge in [0.25, 0.3) is 5.91 Å². The summed E-state index contributed by atoms with van der Waals surface area (Å²) in [7, 11) is 0. The van der Waals surface area contributed by atoms with Gasteiger partial charge in [-0.3, -0.25) is 9.69 Å². The third kappa shape index (κ3) is 3.54. The molecule has 0 saturated carbocycles. The van der Waals surface area contributed by atoms with Crippen molar-refractivity contribution in [1.82, 2.24) is 23.8 Å². The van der Waals surface area contributed by atoms with Crippen molar-refractivity contribution in [1.29, 1.82) is 0 Å². The predicted octanol–water partition coefficient (Wildman–Crippen LogP) is 3.08. The third-order valence-corrected chi connectivity index (χ3v) is 5.56. The molecule has 1 amide bonds. The summed E-state index contributed by atoms with van der Waals surface area (Å²) >= 11 is 0. The van der Waals surface area contributed by atoms with Gasteiger partial charge in [-0.05, 0) is 48.5 Å². The van der Waals surface area contributed by atoms with E-state index in [0.29, 0.717) is 0 Å². The summed E-state index contributed by atoms with van der Waals surface area (Å²) in [6.45, 7) is 4.07. The van der Waals surface area contributed by atoms with Gasteiger partial charge in [-0.15, -0.1) is 0 Å². The normalized spacial score (nSPS) is 15.1. The second kappa shape index (κ2) is 7.56. The van der Waals surface area contributed by atoms with E-state index in [2.05, 4.69) is 20.5 Å². The molecule has 1 fully saturated rings. The molecule has 0 aliphatic carbocycles. The summed E-state index contributed by atoms with van der Waals surface area (Å²) < 4.78 is 4.16. The van der Waals surface area contributed by atoms with Crippen LogP contribution in [0.2, 0.25) is 0 Å². The molecule has 1 aliphatic heterocycles. The van der Waals surface area contributed by atoms with Gasteiger partial charge in [-0.1, -0.05) is 6.07 Å². The van der Waals surface area contributed by atoms with Gasteiger partial charge >= 0.3 is 0 Å². The summed E-state index contributed by atoms with van der Waals surface area (Å²) in [5.74, 6) is 0.110. The Kier molecular flexibility index (Phi) is 4.62. The molecule has 4 aromatic rings. The van der Waals surface area contributed by atoms with Crippen LogP contribution in [0.15, 0.2) is 79.4 Å². The first-order valence-electron chi connectivity index (χ1n) is 9.94. The van der Waals surface area contributed by atoms with Crippen molar-refractivity contribution in [3.05, 3.63) is 90.6 Å². The molecule has 6 heteroatoms. The van der Waals surface area contributed by atoms with Gasteiger partial charge in [0.15, 0.2) is 0 Å². The minimum Gasteiger partial charge on any atom is -0.336 e. The molecular formula is C23H23N5O. The first-order valence-corrected chi connectivity index (χ1v) is 9.94. The van der Waals surface area contributed by atoms with E-state index < -0.39 is 0 Å². The Labute approximate surface area is 169 Å². The van der Waals surface area contributed by atoms with E-state index in [4.69, 9.17) is 0 Å². The summed E-state index contributed by atoms with van der Waals surface area (Å²) in [4.78, 5) is 21.7. The molecule has 146 valence electrons. The van der Waals surface area contributed by atoms with Crippen molar-refractivity contribution in [3.63, 3.8) is 0 Å². The summed E-state index contributed by atoms with van der Waals surface area (Å²) in [6.07, 6.45) is 7.99. The Hall–Kier alpha value is -3.38. The van der Waals surface area contributed by atoms with E-state index in [9.17, 15) is 4.79 Å². The molecule has 0 spiro atoms. The summed E-state index contributed by atoms with van der Waals surface area (Å²) in [5, 5.41) is 0. The number of hydrogen-bond donors (Lipinski definition) is 0. The van der Waals surface area contributed by atoms with Crippen molar-refractivity contribution in [2.45, 2.75) is 6.54 Å². The summed E-state index contributed by atoms with van der Waals surface area (Å²) in [6, 6.07) is 17.9. The largest absolute Gasteiger partial charge is 0.336 e. The smallest absolute Gasteiger partial charge is 0.253 e. The first-order chi connectivity index (χ1) is 14.3. The SMILES string of the molecule is O=C(c1ccc(-n2cccc2)cc1)N1CCN(Cc2cnc3ccccn23)CC1. The maximum atomic E-state index is 12.9. The van der Waals surface area contributed by atoms with Crippen molar-refractivity contribution in [2.24, 2.45) is 0 Å². The summed E-state index contributed by atoms with van der Waals surface area (Å²) in [5.41, 5.74) is 3.96. The van der Waals surface area contributed by atoms with E-state index in [1.165, 1.54) is 5.69 Å². The van der Waals surface area contributed by atoms with Crippen molar-refractivity contribution >= 4 is 11.6 Å². The first kappa shape index (κ1) is 17.7. The minimum absolute atomic E-state index is 0.110. The maximum absolute atomic E-state index is 12.9. The van der Waals surface area contributed by atoms with Gasteiger partial charge in [-0.25, -0.2) is 4.98 Å². The molecule has 1 aromatic carbocycles. The molecule has 5 rings (SSSR count). The van der Waals surface area contributed by atoms with Crippen LogP contribution in [-0.2, 0) is 6.54 Å². The molecule has 3 aromatic heterocycles. The van der Waals surface area contributed by atoms with Gasteiger partial charge in [0.1, 0.15) is 5.65 Å². The van der Waals surface area contributed by atoms with Crippen LogP contribution in [0.4, 0.5) is 0 Å². The van der Waals surface area contributed by atoms with E-state index in [0.717, 1.165) is 49.6 Å². The zero-order valence-electron chi connectivity index (χ0n) is 16.2. The second-order valence-corrected chi connectivity index (χ2v) is 7.38. The lowest BCUT2D eigenvalue weighted by Gasteiger charge is -2.34. The molecule has 0 atom stereocenters. The van der Waals surface area contributed by atoms with Crippen LogP contribution in [0.1, 0.15) is 16.1 Å². The highest BCUT2D eigenvalue weighted by Gasteiger charge is 2.22. The lowest BCUT2D eigenvalue weighted by Crippen LogP contribution is -2.48. The lowest BCUT2D eigenvalue weighted by atomic mass is 10.1. The second-order valence-electron chi connectivity index (χ2n) is 7.38. The van der Waals surface area contributed by atoms with Crippen LogP contribution in [0.25, 0.3) is 11.3 Å². The topological polar surface area (TPSA) is 45.8 Å². The number of rotatable bonds is 4. The van der Waals surface area contributed by atoms with E-state index in [1.807, 2.05) is 82.7 Å². The highest BCUT2D eigenvalue weighted by Crippen LogP contribution is 2.15. The molecule has 1 saturated heterocycles. The van der Waals surface area contributed by atoms with Gasteiger partial charge in [0.2, 0.25) is 0 Å². The number of amides is 1. The Bertz CT molecular complexity index is 1110. The van der Waals surface area contributed by atoms with Crippen LogP contribution in [0, 0.1) is 0 Å². The number of carbonyl (C=O) groups is 1. The monoisotopic (exact) mass is 385 g/mol. The van der Waals surface area contributed by atoms with E-state index in [-0.39, 0.29) is 5.91 Å². The minimum atomic E-state index is 0.110. The highest BCUT2D eigenvalue weighted by atomic mass is 16.2. The number of imidazole rings is 1. The Morgan fingerprint density at radius 1 is 0.862 bits per heavy atom. The van der Waals surface area contributed by atoms with Crippen LogP contribution in [-0.4, -0.2) is 55.8 Å². The van der Waals surface area contributed by atoms with Gasteiger partial charge in [0.05, 0.1) is 11.9 Å². The highest BCUT2D eigenvalue weighted by molar-refractivity contribution is 5.94. The molecule has 0 unspecified atom stereocenters. The molecule has 4 heterocycles. The zero-order valence-corrected chi connectivity index (χ0v) is 16.2. The van der Waals surface area contributed by atoms with E-state index >= 15 is 0 Å². The van der Waals surface area contributed by atoms with Crippen LogP contribution >= 0.6 is 0 Å². The molecule has 1 aliphatic rings. The van der Waals surface area contributed by atoms with Gasteiger partial charge in [-0.2, -0.15) is 0 Å². The zero-order chi connectivity index (χ0) is 19.6. The van der Waals surface area contributed by atoms with Crippen molar-refractivity contribution < 1.29 is 4.79 Å². The Morgan fingerprint density at radius 2 is 1.59 bits per heavy atom. The number of aromatic nitrogens is 3. The quantitative estimate of drug-likeness (QED) is 0.542. The fraction of sp³-hybridized carbons (Fsp3) is 0.217. The molecule has 29 heavy (non-hydrogen) atoms. The number of benzene rings is 1.